The molecular weight excluding hydrogens is 240 g/mol. The first-order chi connectivity index (χ1) is 8.06. The Morgan fingerprint density at radius 1 is 1.35 bits per heavy atom. The number of fused-ring (bicyclic) bond motifs is 1. The average molecular weight is 255 g/mol. The van der Waals surface area contributed by atoms with E-state index in [1.165, 1.54) is 0 Å². The third kappa shape index (κ3) is 1.98. The van der Waals surface area contributed by atoms with Crippen molar-refractivity contribution >= 4 is 28.4 Å². The third-order valence-electron chi connectivity index (χ3n) is 2.85. The number of nitrogens with two attached hydrogens (primary N) is 1. The highest BCUT2D eigenvalue weighted by atomic mass is 35.5. The van der Waals surface area contributed by atoms with Crippen molar-refractivity contribution in [1.29, 1.82) is 0 Å². The van der Waals surface area contributed by atoms with Crippen LogP contribution in [-0.2, 0) is 11.2 Å². The molecule has 0 saturated heterocycles. The molecule has 0 aliphatic heterocycles. The van der Waals surface area contributed by atoms with Gasteiger partial charge in [0.1, 0.15) is 5.52 Å². The fraction of sp³-hybridized carbons (Fsp3) is 0.417. The van der Waals surface area contributed by atoms with Crippen molar-refractivity contribution in [3.05, 3.63) is 22.0 Å². The number of hydrogen-bond donors (Lipinski definition) is 1. The molecule has 5 heteroatoms. The van der Waals surface area contributed by atoms with Gasteiger partial charge in [0.15, 0.2) is 11.5 Å². The summed E-state index contributed by atoms with van der Waals surface area (Å²) in [6.45, 7) is 4.36. The van der Waals surface area contributed by atoms with Crippen LogP contribution in [0.1, 0.15) is 17.0 Å². The van der Waals surface area contributed by atoms with E-state index in [0.717, 1.165) is 16.6 Å². The van der Waals surface area contributed by atoms with Gasteiger partial charge in [-0.25, -0.2) is 4.98 Å². The van der Waals surface area contributed by atoms with Gasteiger partial charge in [-0.05, 0) is 25.0 Å². The van der Waals surface area contributed by atoms with E-state index in [1.807, 2.05) is 13.8 Å². The molecule has 0 aliphatic rings. The van der Waals surface area contributed by atoms with Crippen molar-refractivity contribution in [2.75, 3.05) is 19.5 Å². The fourth-order valence-corrected chi connectivity index (χ4v) is 1.96. The smallest absolute Gasteiger partial charge is 0.197 e. The van der Waals surface area contributed by atoms with Gasteiger partial charge in [0.25, 0.3) is 0 Å². The molecule has 1 aromatic heterocycles. The van der Waals surface area contributed by atoms with Gasteiger partial charge >= 0.3 is 0 Å². The van der Waals surface area contributed by atoms with Gasteiger partial charge in [0.2, 0.25) is 0 Å². The first-order valence-electron chi connectivity index (χ1n) is 5.38. The zero-order chi connectivity index (χ0) is 12.6. The zero-order valence-electron chi connectivity index (χ0n) is 10.1. The predicted molar refractivity (Wildman–Crippen MR) is 68.5 cm³/mol. The maximum absolute atomic E-state index is 6.19. The number of benzene rings is 1. The van der Waals surface area contributed by atoms with Crippen molar-refractivity contribution in [1.82, 2.24) is 4.98 Å². The third-order valence-corrected chi connectivity index (χ3v) is 3.42. The van der Waals surface area contributed by atoms with Crippen LogP contribution in [0.5, 0.6) is 0 Å². The standard InChI is InChI=1S/C12H15ClN2O2/c1-6-9(13)7(2)11-12(10(6)14)17-8(15-11)4-5-16-3/h4-5,14H2,1-3H3. The van der Waals surface area contributed by atoms with E-state index in [1.54, 1.807) is 7.11 Å². The molecule has 0 bridgehead atoms. The Labute approximate surface area is 105 Å². The Hall–Kier alpha value is -1.26. The fourth-order valence-electron chi connectivity index (χ4n) is 1.77. The second kappa shape index (κ2) is 4.55. The highest BCUT2D eigenvalue weighted by Crippen LogP contribution is 2.35. The molecule has 2 N–H and O–H groups in total. The molecule has 0 unspecified atom stereocenters. The van der Waals surface area contributed by atoms with E-state index < -0.39 is 0 Å². The topological polar surface area (TPSA) is 61.3 Å². The predicted octanol–water partition coefficient (Wildman–Crippen LogP) is 2.87. The van der Waals surface area contributed by atoms with Crippen LogP contribution in [0.25, 0.3) is 11.1 Å². The summed E-state index contributed by atoms with van der Waals surface area (Å²) in [7, 11) is 1.64. The van der Waals surface area contributed by atoms with E-state index in [-0.39, 0.29) is 0 Å². The summed E-state index contributed by atoms with van der Waals surface area (Å²) < 4.78 is 10.6. The summed E-state index contributed by atoms with van der Waals surface area (Å²) in [6.07, 6.45) is 0.626. The lowest BCUT2D eigenvalue weighted by molar-refractivity contribution is 0.196. The van der Waals surface area contributed by atoms with Crippen LogP contribution in [-0.4, -0.2) is 18.7 Å². The molecule has 0 atom stereocenters. The van der Waals surface area contributed by atoms with E-state index in [4.69, 9.17) is 26.5 Å². The number of halogens is 1. The number of anilines is 1. The minimum absolute atomic E-state index is 0.562. The number of methoxy groups -OCH3 is 1. The molecular formula is C12H15ClN2O2. The lowest BCUT2D eigenvalue weighted by Gasteiger charge is -2.05. The average Bonchev–Trinajstić information content (AvgIpc) is 2.75. The van der Waals surface area contributed by atoms with Crippen LogP contribution < -0.4 is 5.73 Å². The van der Waals surface area contributed by atoms with Gasteiger partial charge in [-0.2, -0.15) is 0 Å². The number of ether oxygens (including phenoxy) is 1. The van der Waals surface area contributed by atoms with E-state index in [2.05, 4.69) is 4.98 Å². The number of aromatic nitrogens is 1. The molecule has 0 aliphatic carbocycles. The normalized spacial score (nSPS) is 11.3. The molecule has 92 valence electrons. The zero-order valence-corrected chi connectivity index (χ0v) is 10.9. The Morgan fingerprint density at radius 2 is 2.06 bits per heavy atom. The second-order valence-corrected chi connectivity index (χ2v) is 4.38. The Balaban J connectivity index is 2.60. The molecule has 4 nitrogen and oxygen atoms in total. The van der Waals surface area contributed by atoms with E-state index >= 15 is 0 Å². The maximum Gasteiger partial charge on any atom is 0.197 e. The number of aryl methyl sites for hydroxylation is 1. The first kappa shape index (κ1) is 12.2. The van der Waals surface area contributed by atoms with Crippen molar-refractivity contribution in [3.8, 4) is 0 Å². The van der Waals surface area contributed by atoms with Crippen LogP contribution >= 0.6 is 11.6 Å². The number of nitrogens with zero attached hydrogens (tertiary/aromatic N) is 1. The lowest BCUT2D eigenvalue weighted by atomic mass is 10.1. The number of oxazole rings is 1. The SMILES string of the molecule is COCCc1nc2c(C)c(Cl)c(C)c(N)c2o1. The maximum atomic E-state index is 6.19. The van der Waals surface area contributed by atoms with Gasteiger partial charge in [0.05, 0.1) is 17.3 Å². The van der Waals surface area contributed by atoms with Gasteiger partial charge in [-0.15, -0.1) is 0 Å². The van der Waals surface area contributed by atoms with Crippen molar-refractivity contribution in [3.63, 3.8) is 0 Å². The summed E-state index contributed by atoms with van der Waals surface area (Å²) in [5, 5.41) is 0.654. The quantitative estimate of drug-likeness (QED) is 0.856. The molecule has 1 heterocycles. The lowest BCUT2D eigenvalue weighted by Crippen LogP contribution is -1.94. The van der Waals surface area contributed by atoms with Crippen LogP contribution in [0.4, 0.5) is 5.69 Å². The summed E-state index contributed by atoms with van der Waals surface area (Å²) in [5.74, 6) is 0.623. The molecule has 0 spiro atoms. The summed E-state index contributed by atoms with van der Waals surface area (Å²) in [4.78, 5) is 4.40. The minimum Gasteiger partial charge on any atom is -0.438 e. The van der Waals surface area contributed by atoms with Crippen LogP contribution in [0.2, 0.25) is 5.02 Å². The van der Waals surface area contributed by atoms with Crippen LogP contribution in [0, 0.1) is 13.8 Å². The van der Waals surface area contributed by atoms with Crippen molar-refractivity contribution in [2.45, 2.75) is 20.3 Å². The molecule has 1 aromatic carbocycles. The molecule has 0 radical (unpaired) electrons. The van der Waals surface area contributed by atoms with Gasteiger partial charge in [0, 0.05) is 13.5 Å². The number of hydrogen-bond acceptors (Lipinski definition) is 4. The van der Waals surface area contributed by atoms with E-state index in [9.17, 15) is 0 Å². The van der Waals surface area contributed by atoms with Gasteiger partial charge < -0.3 is 14.9 Å². The first-order valence-corrected chi connectivity index (χ1v) is 5.76. The summed E-state index contributed by atoms with van der Waals surface area (Å²) in [5.41, 5.74) is 9.65. The molecule has 17 heavy (non-hydrogen) atoms. The number of rotatable bonds is 3. The summed E-state index contributed by atoms with van der Waals surface area (Å²) in [6, 6.07) is 0. The van der Waals surface area contributed by atoms with E-state index in [0.29, 0.717) is 35.2 Å². The van der Waals surface area contributed by atoms with Crippen LogP contribution in [0.15, 0.2) is 4.42 Å². The highest BCUT2D eigenvalue weighted by molar-refractivity contribution is 6.33. The Morgan fingerprint density at radius 3 is 2.71 bits per heavy atom. The Bertz CT molecular complexity index is 518. The van der Waals surface area contributed by atoms with Crippen LogP contribution in [0.3, 0.4) is 0 Å². The summed E-state index contributed by atoms with van der Waals surface area (Å²) >= 11 is 6.19. The molecule has 0 fully saturated rings. The molecule has 2 aromatic rings. The van der Waals surface area contributed by atoms with Gasteiger partial charge in [-0.1, -0.05) is 11.6 Å². The highest BCUT2D eigenvalue weighted by Gasteiger charge is 2.16. The monoisotopic (exact) mass is 254 g/mol. The minimum atomic E-state index is 0.562. The molecule has 0 saturated carbocycles. The number of nitrogen functional groups attached to an aromatic ring is 1. The van der Waals surface area contributed by atoms with Crippen molar-refractivity contribution in [2.24, 2.45) is 0 Å². The molecule has 2 rings (SSSR count). The van der Waals surface area contributed by atoms with Gasteiger partial charge in [-0.3, -0.25) is 0 Å². The largest absolute Gasteiger partial charge is 0.438 e. The molecule has 0 amide bonds. The van der Waals surface area contributed by atoms with Crippen molar-refractivity contribution < 1.29 is 9.15 Å². The second-order valence-electron chi connectivity index (χ2n) is 4.01. The Kier molecular flexibility index (Phi) is 3.26.